The van der Waals surface area contributed by atoms with Gasteiger partial charge in [0.1, 0.15) is 0 Å². The molecule has 0 N–H and O–H groups in total. The molecule has 35 heavy (non-hydrogen) atoms. The molecular weight excluding hydrogens is 442 g/mol. The third-order valence-corrected chi connectivity index (χ3v) is 10.7. The van der Waals surface area contributed by atoms with E-state index in [4.69, 9.17) is 4.43 Å². The van der Waals surface area contributed by atoms with E-state index in [2.05, 4.69) is 115 Å². The standard InChI is InChI=1S/C32H27NOSi/c1-25(24-33)32(31-23-13-15-26-14-11-12-22-30(26)31)34-35(27-16-5-2-6-17-27,28-18-7-3-8-19-28)29-20-9-4-10-21-29/h2-23,25,32H,1H3/t25-,32-/m0/s1. The van der Waals surface area contributed by atoms with Gasteiger partial charge in [0.05, 0.1) is 18.1 Å². The number of benzene rings is 5. The van der Waals surface area contributed by atoms with Crippen LogP contribution in [0.4, 0.5) is 0 Å². The van der Waals surface area contributed by atoms with Gasteiger partial charge in [0.15, 0.2) is 0 Å². The first-order chi connectivity index (χ1) is 17.2. The molecule has 0 unspecified atom stereocenters. The number of hydrogen-bond acceptors (Lipinski definition) is 2. The third-order valence-electron chi connectivity index (χ3n) is 6.63. The van der Waals surface area contributed by atoms with Gasteiger partial charge in [-0.2, -0.15) is 5.26 Å². The zero-order valence-corrected chi connectivity index (χ0v) is 20.7. The van der Waals surface area contributed by atoms with Crippen LogP contribution in [-0.2, 0) is 4.43 Å². The Morgan fingerprint density at radius 2 is 1.06 bits per heavy atom. The van der Waals surface area contributed by atoms with E-state index in [-0.39, 0.29) is 5.92 Å². The van der Waals surface area contributed by atoms with Crippen LogP contribution in [0.2, 0.25) is 0 Å². The van der Waals surface area contributed by atoms with Crippen LogP contribution < -0.4 is 15.6 Å². The third kappa shape index (κ3) is 4.30. The number of nitrogens with zero attached hydrogens (tertiary/aromatic N) is 1. The fourth-order valence-corrected chi connectivity index (χ4v) is 9.02. The topological polar surface area (TPSA) is 33.0 Å². The molecule has 5 rings (SSSR count). The summed E-state index contributed by atoms with van der Waals surface area (Å²) in [7, 11) is -2.99. The highest BCUT2D eigenvalue weighted by atomic mass is 28.4. The van der Waals surface area contributed by atoms with Crippen molar-refractivity contribution in [2.75, 3.05) is 0 Å². The number of hydrogen-bond donors (Lipinski definition) is 0. The van der Waals surface area contributed by atoms with E-state index < -0.39 is 14.4 Å². The zero-order chi connectivity index (χ0) is 24.1. The smallest absolute Gasteiger partial charge is 0.288 e. The maximum Gasteiger partial charge on any atom is 0.288 e. The summed E-state index contributed by atoms with van der Waals surface area (Å²) in [6.45, 7) is 1.96. The molecule has 0 aliphatic heterocycles. The largest absolute Gasteiger partial charge is 0.396 e. The molecule has 0 radical (unpaired) electrons. The Balaban J connectivity index is 1.80. The minimum atomic E-state index is -2.99. The second-order valence-corrected chi connectivity index (χ2v) is 12.1. The van der Waals surface area contributed by atoms with Crippen LogP contribution in [0.1, 0.15) is 18.6 Å². The van der Waals surface area contributed by atoms with Gasteiger partial charge in [0.25, 0.3) is 8.32 Å². The van der Waals surface area contributed by atoms with Crippen molar-refractivity contribution >= 4 is 34.7 Å². The average molecular weight is 470 g/mol. The first kappa shape index (κ1) is 22.8. The van der Waals surface area contributed by atoms with Crippen LogP contribution in [0.15, 0.2) is 133 Å². The molecule has 2 nitrogen and oxygen atoms in total. The fourth-order valence-electron chi connectivity index (χ4n) is 4.91. The van der Waals surface area contributed by atoms with E-state index in [1.165, 1.54) is 0 Å². The Kier molecular flexibility index (Phi) is 6.59. The predicted molar refractivity (Wildman–Crippen MR) is 147 cm³/mol. The van der Waals surface area contributed by atoms with E-state index in [1.54, 1.807) is 0 Å². The molecule has 0 amide bonds. The van der Waals surface area contributed by atoms with Crippen molar-refractivity contribution in [1.82, 2.24) is 0 Å². The summed E-state index contributed by atoms with van der Waals surface area (Å²) in [6, 6.07) is 48.7. The fraction of sp³-hybridized carbons (Fsp3) is 0.0938. The molecule has 0 heterocycles. The quantitative estimate of drug-likeness (QED) is 0.225. The first-order valence-corrected chi connectivity index (χ1v) is 13.9. The summed E-state index contributed by atoms with van der Waals surface area (Å²) in [5.74, 6) is -0.344. The normalized spacial score (nSPS) is 13.1. The molecule has 0 aliphatic carbocycles. The van der Waals surface area contributed by atoms with Crippen LogP contribution >= 0.6 is 0 Å². The highest BCUT2D eigenvalue weighted by Gasteiger charge is 2.45. The molecular formula is C32H27NOSi. The summed E-state index contributed by atoms with van der Waals surface area (Å²) in [6.07, 6.45) is -0.404. The van der Waals surface area contributed by atoms with Gasteiger partial charge in [-0.05, 0) is 38.8 Å². The van der Waals surface area contributed by atoms with Gasteiger partial charge >= 0.3 is 0 Å². The van der Waals surface area contributed by atoms with Crippen molar-refractivity contribution in [2.45, 2.75) is 13.0 Å². The molecule has 170 valence electrons. The molecule has 5 aromatic rings. The van der Waals surface area contributed by atoms with Gasteiger partial charge in [-0.3, -0.25) is 0 Å². The van der Waals surface area contributed by atoms with Crippen molar-refractivity contribution in [3.8, 4) is 6.07 Å². The SMILES string of the molecule is C[C@@H](C#N)[C@H](O[Si](c1ccccc1)(c1ccccc1)c1ccccc1)c1cccc2ccccc12. The van der Waals surface area contributed by atoms with Gasteiger partial charge < -0.3 is 4.43 Å². The lowest BCUT2D eigenvalue weighted by molar-refractivity contribution is 0.171. The van der Waals surface area contributed by atoms with E-state index in [0.717, 1.165) is 31.9 Å². The molecule has 0 saturated carbocycles. The highest BCUT2D eigenvalue weighted by molar-refractivity contribution is 7.07. The summed E-state index contributed by atoms with van der Waals surface area (Å²) in [4.78, 5) is 0. The van der Waals surface area contributed by atoms with Gasteiger partial charge in [-0.1, -0.05) is 133 Å². The van der Waals surface area contributed by atoms with E-state index in [1.807, 2.05) is 31.2 Å². The molecule has 0 aromatic heterocycles. The first-order valence-electron chi connectivity index (χ1n) is 12.0. The molecule has 0 saturated heterocycles. The lowest BCUT2D eigenvalue weighted by atomic mass is 9.94. The lowest BCUT2D eigenvalue weighted by Crippen LogP contribution is -2.69. The maximum atomic E-state index is 10.1. The molecule has 0 spiro atoms. The van der Waals surface area contributed by atoms with Gasteiger partial charge in [-0.15, -0.1) is 0 Å². The molecule has 0 fully saturated rings. The molecule has 0 aliphatic rings. The minimum absolute atomic E-state index is 0.344. The van der Waals surface area contributed by atoms with Gasteiger partial charge in [0, 0.05) is 0 Å². The van der Waals surface area contributed by atoms with Crippen LogP contribution in [0.3, 0.4) is 0 Å². The van der Waals surface area contributed by atoms with Gasteiger partial charge in [-0.25, -0.2) is 0 Å². The van der Waals surface area contributed by atoms with E-state index in [9.17, 15) is 5.26 Å². The number of fused-ring (bicyclic) bond motifs is 1. The monoisotopic (exact) mass is 469 g/mol. The minimum Gasteiger partial charge on any atom is -0.396 e. The van der Waals surface area contributed by atoms with E-state index in [0.29, 0.717) is 0 Å². The lowest BCUT2D eigenvalue weighted by Gasteiger charge is -2.38. The summed E-state index contributed by atoms with van der Waals surface area (Å²) in [5.41, 5.74) is 1.05. The Hall–Kier alpha value is -3.97. The van der Waals surface area contributed by atoms with Crippen LogP contribution in [0.25, 0.3) is 10.8 Å². The predicted octanol–water partition coefficient (Wildman–Crippen LogP) is 5.72. The molecule has 5 aromatic carbocycles. The number of nitriles is 1. The second-order valence-electron chi connectivity index (χ2n) is 8.80. The molecule has 0 bridgehead atoms. The van der Waals surface area contributed by atoms with Crippen molar-refractivity contribution in [3.05, 3.63) is 139 Å². The Labute approximate surface area is 208 Å². The summed E-state index contributed by atoms with van der Waals surface area (Å²) < 4.78 is 7.46. The van der Waals surface area contributed by atoms with Crippen molar-refractivity contribution < 1.29 is 4.43 Å². The van der Waals surface area contributed by atoms with Crippen molar-refractivity contribution in [1.29, 1.82) is 5.26 Å². The zero-order valence-electron chi connectivity index (χ0n) is 19.7. The highest BCUT2D eigenvalue weighted by Crippen LogP contribution is 2.34. The Bertz CT molecular complexity index is 1340. The summed E-state index contributed by atoms with van der Waals surface area (Å²) in [5, 5.41) is 15.9. The average Bonchev–Trinajstić information content (AvgIpc) is 2.95. The van der Waals surface area contributed by atoms with Crippen molar-refractivity contribution in [2.24, 2.45) is 5.92 Å². The van der Waals surface area contributed by atoms with E-state index >= 15 is 0 Å². The molecule has 3 heteroatoms. The Morgan fingerprint density at radius 3 is 1.57 bits per heavy atom. The molecule has 2 atom stereocenters. The summed E-state index contributed by atoms with van der Waals surface area (Å²) >= 11 is 0. The van der Waals surface area contributed by atoms with Crippen LogP contribution in [0, 0.1) is 17.2 Å². The van der Waals surface area contributed by atoms with Gasteiger partial charge in [0.2, 0.25) is 0 Å². The Morgan fingerprint density at radius 1 is 0.600 bits per heavy atom. The van der Waals surface area contributed by atoms with Crippen molar-refractivity contribution in [3.63, 3.8) is 0 Å². The number of rotatable bonds is 7. The second kappa shape index (κ2) is 10.1. The van der Waals surface area contributed by atoms with Crippen LogP contribution in [0.5, 0.6) is 0 Å². The maximum absolute atomic E-state index is 10.1. The van der Waals surface area contributed by atoms with Crippen LogP contribution in [-0.4, -0.2) is 8.32 Å².